The highest BCUT2D eigenvalue weighted by atomic mass is 16.7. The van der Waals surface area contributed by atoms with Crippen LogP contribution in [-0.2, 0) is 6.42 Å². The second kappa shape index (κ2) is 6.73. The number of phenols is 1. The first-order valence-electron chi connectivity index (χ1n) is 8.71. The number of benzene rings is 2. The summed E-state index contributed by atoms with van der Waals surface area (Å²) >= 11 is 0. The van der Waals surface area contributed by atoms with Gasteiger partial charge in [0.15, 0.2) is 11.5 Å². The van der Waals surface area contributed by atoms with Crippen molar-refractivity contribution in [3.05, 3.63) is 53.6 Å². The van der Waals surface area contributed by atoms with Gasteiger partial charge in [-0.1, -0.05) is 36.4 Å². The Morgan fingerprint density at radius 1 is 1.08 bits per heavy atom. The fraction of sp³-hybridized carbons (Fsp3) is 0.400. The van der Waals surface area contributed by atoms with Crippen LogP contribution in [0.1, 0.15) is 36.3 Å². The van der Waals surface area contributed by atoms with E-state index in [-0.39, 0.29) is 12.5 Å². The van der Waals surface area contributed by atoms with Crippen molar-refractivity contribution in [3.8, 4) is 17.2 Å². The molecule has 4 nitrogen and oxygen atoms in total. The number of hydrogen-bond acceptors (Lipinski definition) is 4. The number of aryl methyl sites for hydroxylation is 1. The van der Waals surface area contributed by atoms with Crippen molar-refractivity contribution in [2.75, 3.05) is 13.3 Å². The minimum Gasteiger partial charge on any atom is -0.504 e. The molecule has 0 aliphatic carbocycles. The maximum atomic E-state index is 9.87. The van der Waals surface area contributed by atoms with E-state index in [9.17, 15) is 5.11 Å². The largest absolute Gasteiger partial charge is 0.504 e. The number of phenolic OH excluding ortho intramolecular Hbond substituents is 1. The lowest BCUT2D eigenvalue weighted by Crippen LogP contribution is -2.29. The number of rotatable bonds is 5. The van der Waals surface area contributed by atoms with Gasteiger partial charge in [-0.05, 0) is 55.3 Å². The Kier molecular flexibility index (Phi) is 4.30. The molecule has 2 aliphatic rings. The molecule has 0 saturated carbocycles. The number of aromatic hydroxyl groups is 1. The Hall–Kier alpha value is -2.20. The number of fused-ring (bicyclic) bond motifs is 1. The molecule has 2 N–H and O–H groups in total. The van der Waals surface area contributed by atoms with Crippen LogP contribution in [0.2, 0.25) is 0 Å². The lowest BCUT2D eigenvalue weighted by Gasteiger charge is -2.24. The molecule has 4 rings (SSSR count). The van der Waals surface area contributed by atoms with Crippen molar-refractivity contribution >= 4 is 0 Å². The fourth-order valence-electron chi connectivity index (χ4n) is 3.90. The highest BCUT2D eigenvalue weighted by molar-refractivity contribution is 5.56. The Bertz CT molecular complexity index is 696. The van der Waals surface area contributed by atoms with Gasteiger partial charge in [-0.3, -0.25) is 0 Å². The summed E-state index contributed by atoms with van der Waals surface area (Å²) in [6, 6.07) is 15.0. The standard InChI is InChI=1S/C20H23NO3/c22-18-11-9-15(19-20(18)24-13-23-19)8-10-16(17-7-4-12-21-17)14-5-2-1-3-6-14/h1-3,5-6,9,11,16-17,21-22H,4,7-8,10,12-13H2. The molecule has 1 fully saturated rings. The molecular formula is C20H23NO3. The molecule has 2 aromatic carbocycles. The van der Waals surface area contributed by atoms with Crippen molar-refractivity contribution in [1.29, 1.82) is 0 Å². The van der Waals surface area contributed by atoms with Crippen LogP contribution >= 0.6 is 0 Å². The average Bonchev–Trinajstić information content (AvgIpc) is 3.30. The molecule has 1 saturated heterocycles. The summed E-state index contributed by atoms with van der Waals surface area (Å²) in [6.45, 7) is 1.30. The van der Waals surface area contributed by atoms with Crippen LogP contribution in [0.25, 0.3) is 0 Å². The lowest BCUT2D eigenvalue weighted by atomic mass is 9.85. The molecule has 0 aromatic heterocycles. The van der Waals surface area contributed by atoms with Crippen molar-refractivity contribution in [3.63, 3.8) is 0 Å². The third-order valence-corrected chi connectivity index (χ3v) is 5.12. The average molecular weight is 325 g/mol. The van der Waals surface area contributed by atoms with Gasteiger partial charge in [0, 0.05) is 6.04 Å². The zero-order valence-electron chi connectivity index (χ0n) is 13.7. The highest BCUT2D eigenvalue weighted by Gasteiger charge is 2.27. The molecule has 0 amide bonds. The second-order valence-electron chi connectivity index (χ2n) is 6.57. The van der Waals surface area contributed by atoms with Crippen molar-refractivity contribution in [2.45, 2.75) is 37.6 Å². The molecule has 2 aromatic rings. The first kappa shape index (κ1) is 15.3. The van der Waals surface area contributed by atoms with Gasteiger partial charge in [0.2, 0.25) is 12.5 Å². The smallest absolute Gasteiger partial charge is 0.231 e. The van der Waals surface area contributed by atoms with Gasteiger partial charge >= 0.3 is 0 Å². The lowest BCUT2D eigenvalue weighted by molar-refractivity contribution is 0.170. The summed E-state index contributed by atoms with van der Waals surface area (Å²) in [7, 11) is 0. The minimum atomic E-state index is 0.156. The molecule has 2 atom stereocenters. The molecule has 0 bridgehead atoms. The molecule has 2 aliphatic heterocycles. The first-order valence-corrected chi connectivity index (χ1v) is 8.71. The van der Waals surface area contributed by atoms with Crippen LogP contribution in [0, 0.1) is 0 Å². The maximum absolute atomic E-state index is 9.87. The predicted molar refractivity (Wildman–Crippen MR) is 92.8 cm³/mol. The number of ether oxygens (including phenoxy) is 2. The van der Waals surface area contributed by atoms with E-state index in [1.54, 1.807) is 6.07 Å². The van der Waals surface area contributed by atoms with E-state index in [1.807, 2.05) is 6.07 Å². The van der Waals surface area contributed by atoms with E-state index in [1.165, 1.54) is 18.4 Å². The summed E-state index contributed by atoms with van der Waals surface area (Å²) in [4.78, 5) is 0. The molecule has 126 valence electrons. The summed E-state index contributed by atoms with van der Waals surface area (Å²) < 4.78 is 11.0. The fourth-order valence-corrected chi connectivity index (χ4v) is 3.90. The van der Waals surface area contributed by atoms with Crippen molar-refractivity contribution in [1.82, 2.24) is 5.32 Å². The Morgan fingerprint density at radius 3 is 2.71 bits per heavy atom. The van der Waals surface area contributed by atoms with E-state index in [0.29, 0.717) is 23.5 Å². The summed E-state index contributed by atoms with van der Waals surface area (Å²) in [5.74, 6) is 1.84. The molecule has 2 heterocycles. The molecule has 4 heteroatoms. The van der Waals surface area contributed by atoms with Gasteiger partial charge < -0.3 is 19.9 Å². The molecule has 24 heavy (non-hydrogen) atoms. The maximum Gasteiger partial charge on any atom is 0.231 e. The number of hydrogen-bond donors (Lipinski definition) is 2. The van der Waals surface area contributed by atoms with Crippen molar-refractivity contribution in [2.24, 2.45) is 0 Å². The second-order valence-corrected chi connectivity index (χ2v) is 6.57. The van der Waals surface area contributed by atoms with Gasteiger partial charge in [-0.15, -0.1) is 0 Å². The Balaban J connectivity index is 1.55. The van der Waals surface area contributed by atoms with E-state index in [4.69, 9.17) is 9.47 Å². The van der Waals surface area contributed by atoms with Gasteiger partial charge in [-0.2, -0.15) is 0 Å². The van der Waals surface area contributed by atoms with E-state index >= 15 is 0 Å². The summed E-state index contributed by atoms with van der Waals surface area (Å²) in [6.07, 6.45) is 4.43. The quantitative estimate of drug-likeness (QED) is 0.882. The number of nitrogens with one attached hydrogen (secondary N) is 1. The zero-order valence-corrected chi connectivity index (χ0v) is 13.7. The van der Waals surface area contributed by atoms with Crippen LogP contribution in [-0.4, -0.2) is 24.5 Å². The Labute approximate surface area is 142 Å². The predicted octanol–water partition coefficient (Wildman–Crippen LogP) is 3.59. The van der Waals surface area contributed by atoms with Crippen LogP contribution in [0.4, 0.5) is 0 Å². The summed E-state index contributed by atoms with van der Waals surface area (Å²) in [5, 5.41) is 13.5. The minimum absolute atomic E-state index is 0.156. The highest BCUT2D eigenvalue weighted by Crippen LogP contribution is 2.43. The van der Waals surface area contributed by atoms with E-state index in [2.05, 4.69) is 35.6 Å². The summed E-state index contributed by atoms with van der Waals surface area (Å²) in [5.41, 5.74) is 2.50. The van der Waals surface area contributed by atoms with Gasteiger partial charge in [0.1, 0.15) is 0 Å². The first-order chi connectivity index (χ1) is 11.8. The molecular weight excluding hydrogens is 302 g/mol. The van der Waals surface area contributed by atoms with E-state index in [0.717, 1.165) is 24.9 Å². The molecule has 0 radical (unpaired) electrons. The third kappa shape index (κ3) is 2.94. The van der Waals surface area contributed by atoms with Crippen LogP contribution in [0.5, 0.6) is 17.2 Å². The van der Waals surface area contributed by atoms with Gasteiger partial charge in [0.05, 0.1) is 0 Å². The molecule has 0 spiro atoms. The third-order valence-electron chi connectivity index (χ3n) is 5.12. The van der Waals surface area contributed by atoms with Crippen molar-refractivity contribution < 1.29 is 14.6 Å². The monoisotopic (exact) mass is 325 g/mol. The Morgan fingerprint density at radius 2 is 1.92 bits per heavy atom. The van der Waals surface area contributed by atoms with Crippen LogP contribution < -0.4 is 14.8 Å². The topological polar surface area (TPSA) is 50.7 Å². The normalized spacial score (nSPS) is 20.2. The van der Waals surface area contributed by atoms with Gasteiger partial charge in [0.25, 0.3) is 0 Å². The van der Waals surface area contributed by atoms with Gasteiger partial charge in [-0.25, -0.2) is 0 Å². The van der Waals surface area contributed by atoms with E-state index < -0.39 is 0 Å². The van der Waals surface area contributed by atoms with Crippen LogP contribution in [0.15, 0.2) is 42.5 Å². The molecule has 2 unspecified atom stereocenters. The zero-order chi connectivity index (χ0) is 16.4. The van der Waals surface area contributed by atoms with Crippen LogP contribution in [0.3, 0.4) is 0 Å². The SMILES string of the molecule is Oc1ccc(CCC(c2ccccc2)C2CCCN2)c2c1OCO2.